The molecule has 2 aromatic carbocycles. The molecule has 0 aromatic heterocycles. The van der Waals surface area contributed by atoms with Crippen molar-refractivity contribution in [2.45, 2.75) is 6.61 Å². The largest absolute Gasteiger partial charge is 0.488 e. The number of non-ortho nitro benzene ring substituents is 1. The molecule has 0 aliphatic heterocycles. The van der Waals surface area contributed by atoms with Crippen LogP contribution in [0.15, 0.2) is 42.5 Å². The fourth-order valence-corrected chi connectivity index (χ4v) is 1.74. The third-order valence-electron chi connectivity index (χ3n) is 2.84. The topological polar surface area (TPSA) is 86.5 Å². The number of rotatable bonds is 6. The van der Waals surface area contributed by atoms with Gasteiger partial charge in [-0.2, -0.15) is 0 Å². The summed E-state index contributed by atoms with van der Waals surface area (Å²) in [6, 6.07) is 10.5. The fourth-order valence-electron chi connectivity index (χ4n) is 1.74. The van der Waals surface area contributed by atoms with E-state index in [-0.39, 0.29) is 17.9 Å². The zero-order valence-electron chi connectivity index (χ0n) is 10.9. The SMILES string of the molecule is O=Cc1ccc(OCc2ccc([N+](=O)[O-])cc2)c(C=O)c1. The molecule has 6 nitrogen and oxygen atoms in total. The normalized spacial score (nSPS) is 9.90. The van der Waals surface area contributed by atoms with Crippen LogP contribution in [0.3, 0.4) is 0 Å². The molecule has 0 saturated carbocycles. The van der Waals surface area contributed by atoms with E-state index >= 15 is 0 Å². The van der Waals surface area contributed by atoms with Gasteiger partial charge in [0, 0.05) is 17.7 Å². The van der Waals surface area contributed by atoms with E-state index in [4.69, 9.17) is 4.74 Å². The number of hydrogen-bond acceptors (Lipinski definition) is 5. The summed E-state index contributed by atoms with van der Waals surface area (Å²) in [5.41, 5.74) is 1.40. The second-order valence-electron chi connectivity index (χ2n) is 4.25. The number of nitro groups is 1. The van der Waals surface area contributed by atoms with Gasteiger partial charge < -0.3 is 4.74 Å². The minimum atomic E-state index is -0.479. The highest BCUT2D eigenvalue weighted by atomic mass is 16.6. The second kappa shape index (κ2) is 6.42. The Balaban J connectivity index is 2.10. The van der Waals surface area contributed by atoms with Gasteiger partial charge in [-0.25, -0.2) is 0 Å². The van der Waals surface area contributed by atoms with Gasteiger partial charge in [0.2, 0.25) is 0 Å². The number of carbonyl (C=O) groups is 2. The number of ether oxygens (including phenoxy) is 1. The molecule has 0 aliphatic carbocycles. The van der Waals surface area contributed by atoms with Crippen LogP contribution < -0.4 is 4.74 Å². The van der Waals surface area contributed by atoms with Crippen LogP contribution in [0, 0.1) is 10.1 Å². The van der Waals surface area contributed by atoms with E-state index in [0.717, 1.165) is 5.56 Å². The standard InChI is InChI=1S/C15H11NO5/c17-8-12-3-6-15(13(7-12)9-18)21-10-11-1-4-14(5-2-11)16(19)20/h1-9H,10H2. The molecular formula is C15H11NO5. The average Bonchev–Trinajstić information content (AvgIpc) is 2.53. The third-order valence-corrected chi connectivity index (χ3v) is 2.84. The van der Waals surface area contributed by atoms with Gasteiger partial charge in [-0.15, -0.1) is 0 Å². The molecule has 0 fully saturated rings. The second-order valence-corrected chi connectivity index (χ2v) is 4.25. The molecule has 0 heterocycles. The van der Waals surface area contributed by atoms with Crippen LogP contribution in [0.4, 0.5) is 5.69 Å². The molecule has 0 atom stereocenters. The molecule has 0 N–H and O–H groups in total. The summed E-state index contributed by atoms with van der Waals surface area (Å²) in [6.45, 7) is 0.166. The van der Waals surface area contributed by atoms with Gasteiger partial charge in [-0.05, 0) is 35.9 Å². The summed E-state index contributed by atoms with van der Waals surface area (Å²) in [4.78, 5) is 31.7. The molecule has 0 aliphatic rings. The molecule has 0 radical (unpaired) electrons. The van der Waals surface area contributed by atoms with Crippen LogP contribution in [-0.2, 0) is 6.61 Å². The first-order chi connectivity index (χ1) is 10.1. The van der Waals surface area contributed by atoms with Crippen LogP contribution in [-0.4, -0.2) is 17.5 Å². The fraction of sp³-hybridized carbons (Fsp3) is 0.0667. The van der Waals surface area contributed by atoms with Crippen molar-refractivity contribution in [2.24, 2.45) is 0 Å². The number of nitro benzene ring substituents is 1. The molecule has 0 unspecified atom stereocenters. The summed E-state index contributed by atoms with van der Waals surface area (Å²) >= 11 is 0. The smallest absolute Gasteiger partial charge is 0.269 e. The maximum Gasteiger partial charge on any atom is 0.269 e. The Hall–Kier alpha value is -3.02. The van der Waals surface area contributed by atoms with Gasteiger partial charge >= 0.3 is 0 Å². The summed E-state index contributed by atoms with van der Waals surface area (Å²) in [5, 5.41) is 10.5. The van der Waals surface area contributed by atoms with E-state index < -0.39 is 4.92 Å². The summed E-state index contributed by atoms with van der Waals surface area (Å²) in [5.74, 6) is 0.356. The Morgan fingerprint density at radius 2 is 1.76 bits per heavy atom. The summed E-state index contributed by atoms with van der Waals surface area (Å²) < 4.78 is 5.50. The summed E-state index contributed by atoms with van der Waals surface area (Å²) in [6.07, 6.45) is 1.26. The highest BCUT2D eigenvalue weighted by Gasteiger charge is 2.07. The molecule has 0 amide bonds. The number of nitrogens with zero attached hydrogens (tertiary/aromatic N) is 1. The molecule has 106 valence electrons. The van der Waals surface area contributed by atoms with Crippen LogP contribution in [0.25, 0.3) is 0 Å². The van der Waals surface area contributed by atoms with E-state index in [9.17, 15) is 19.7 Å². The first-order valence-electron chi connectivity index (χ1n) is 6.04. The van der Waals surface area contributed by atoms with Crippen LogP contribution >= 0.6 is 0 Å². The van der Waals surface area contributed by atoms with E-state index in [1.807, 2.05) is 0 Å². The first kappa shape index (κ1) is 14.4. The highest BCUT2D eigenvalue weighted by Crippen LogP contribution is 2.20. The number of carbonyl (C=O) groups excluding carboxylic acids is 2. The quantitative estimate of drug-likeness (QED) is 0.462. The van der Waals surface area contributed by atoms with Crippen molar-refractivity contribution in [1.29, 1.82) is 0 Å². The van der Waals surface area contributed by atoms with Gasteiger partial charge in [0.05, 0.1) is 10.5 Å². The zero-order valence-corrected chi connectivity index (χ0v) is 10.9. The first-order valence-corrected chi connectivity index (χ1v) is 6.04. The molecule has 2 rings (SSSR count). The lowest BCUT2D eigenvalue weighted by Crippen LogP contribution is -1.99. The van der Waals surface area contributed by atoms with Crippen LogP contribution in [0.2, 0.25) is 0 Å². The number of hydrogen-bond donors (Lipinski definition) is 0. The Labute approximate surface area is 120 Å². The van der Waals surface area contributed by atoms with Crippen LogP contribution in [0.5, 0.6) is 5.75 Å². The predicted octanol–water partition coefficient (Wildman–Crippen LogP) is 2.80. The van der Waals surface area contributed by atoms with Gasteiger partial charge in [-0.1, -0.05) is 0 Å². The Bertz CT molecular complexity index is 679. The third kappa shape index (κ3) is 3.50. The lowest BCUT2D eigenvalue weighted by molar-refractivity contribution is -0.384. The lowest BCUT2D eigenvalue weighted by Gasteiger charge is -2.08. The van der Waals surface area contributed by atoms with Crippen molar-refractivity contribution in [2.75, 3.05) is 0 Å². The highest BCUT2D eigenvalue weighted by molar-refractivity contribution is 5.84. The minimum Gasteiger partial charge on any atom is -0.488 e. The van der Waals surface area contributed by atoms with Gasteiger partial charge in [0.25, 0.3) is 5.69 Å². The van der Waals surface area contributed by atoms with Crippen molar-refractivity contribution < 1.29 is 19.2 Å². The number of aldehydes is 2. The predicted molar refractivity (Wildman–Crippen MR) is 74.6 cm³/mol. The molecule has 6 heteroatoms. The van der Waals surface area contributed by atoms with Gasteiger partial charge in [0.15, 0.2) is 6.29 Å². The van der Waals surface area contributed by atoms with Crippen molar-refractivity contribution >= 4 is 18.3 Å². The Morgan fingerprint density at radius 1 is 1.05 bits per heavy atom. The molecule has 0 bridgehead atoms. The molecule has 2 aromatic rings. The minimum absolute atomic E-state index is 0.00247. The van der Waals surface area contributed by atoms with E-state index in [0.29, 0.717) is 23.9 Å². The van der Waals surface area contributed by atoms with Crippen molar-refractivity contribution in [3.05, 3.63) is 69.3 Å². The van der Waals surface area contributed by atoms with Crippen molar-refractivity contribution in [3.8, 4) is 5.75 Å². The van der Waals surface area contributed by atoms with Gasteiger partial charge in [0.1, 0.15) is 18.6 Å². The van der Waals surface area contributed by atoms with E-state index in [2.05, 4.69) is 0 Å². The average molecular weight is 285 g/mol. The Kier molecular flexibility index (Phi) is 4.40. The Morgan fingerprint density at radius 3 is 2.33 bits per heavy atom. The monoisotopic (exact) mass is 285 g/mol. The van der Waals surface area contributed by atoms with Crippen LogP contribution in [0.1, 0.15) is 26.3 Å². The molecule has 0 spiro atoms. The van der Waals surface area contributed by atoms with Crippen molar-refractivity contribution in [3.63, 3.8) is 0 Å². The maximum atomic E-state index is 11.0. The molecule has 0 saturated heterocycles. The maximum absolute atomic E-state index is 11.0. The summed E-state index contributed by atoms with van der Waals surface area (Å²) in [7, 11) is 0. The number of benzene rings is 2. The van der Waals surface area contributed by atoms with Crippen molar-refractivity contribution in [1.82, 2.24) is 0 Å². The zero-order chi connectivity index (χ0) is 15.2. The molecular weight excluding hydrogens is 274 g/mol. The van der Waals surface area contributed by atoms with Gasteiger partial charge in [-0.3, -0.25) is 19.7 Å². The van der Waals surface area contributed by atoms with E-state index in [1.165, 1.54) is 18.2 Å². The molecule has 21 heavy (non-hydrogen) atoms. The lowest BCUT2D eigenvalue weighted by atomic mass is 10.1. The van der Waals surface area contributed by atoms with E-state index in [1.54, 1.807) is 24.3 Å².